The summed E-state index contributed by atoms with van der Waals surface area (Å²) >= 11 is 0. The maximum Gasteiger partial charge on any atom is 0.221 e. The Balaban J connectivity index is 2.30. The van der Waals surface area contributed by atoms with Gasteiger partial charge in [-0.1, -0.05) is 20.8 Å². The monoisotopic (exact) mass is 391 g/mol. The van der Waals surface area contributed by atoms with Gasteiger partial charge in [0.2, 0.25) is 5.88 Å². The van der Waals surface area contributed by atoms with E-state index < -0.39 is 0 Å². The molecule has 0 saturated carbocycles. The standard InChI is InChI=1S/C23H25N3O3/c1-23(2,3)18-12-15(16-7-6-9-26-22(16)29-5)11-17(21(18)28-4)20(27)14-8-10-25-19(24)13-14/h6-13H,1-5H3,(H2,24,25). The van der Waals surface area contributed by atoms with E-state index in [-0.39, 0.29) is 17.0 Å². The predicted molar refractivity (Wildman–Crippen MR) is 114 cm³/mol. The van der Waals surface area contributed by atoms with Gasteiger partial charge >= 0.3 is 0 Å². The molecule has 2 aromatic heterocycles. The van der Waals surface area contributed by atoms with Crippen LogP contribution in [-0.4, -0.2) is 30.0 Å². The number of nitrogens with two attached hydrogens (primary N) is 1. The third-order valence-electron chi connectivity index (χ3n) is 4.66. The first-order valence-corrected chi connectivity index (χ1v) is 9.24. The average Bonchev–Trinajstić information content (AvgIpc) is 2.71. The zero-order valence-electron chi connectivity index (χ0n) is 17.3. The number of carbonyl (C=O) groups excluding carboxylic acids is 1. The fraction of sp³-hybridized carbons (Fsp3) is 0.261. The summed E-state index contributed by atoms with van der Waals surface area (Å²) in [5.41, 5.74) is 8.96. The van der Waals surface area contributed by atoms with Crippen molar-refractivity contribution in [3.05, 3.63) is 65.5 Å². The van der Waals surface area contributed by atoms with Crippen molar-refractivity contribution < 1.29 is 14.3 Å². The van der Waals surface area contributed by atoms with Crippen molar-refractivity contribution in [3.8, 4) is 22.8 Å². The fourth-order valence-electron chi connectivity index (χ4n) is 3.25. The van der Waals surface area contributed by atoms with E-state index in [1.165, 1.54) is 6.20 Å². The number of pyridine rings is 2. The predicted octanol–water partition coefficient (Wildman–Crippen LogP) is 4.27. The third-order valence-corrected chi connectivity index (χ3v) is 4.66. The van der Waals surface area contributed by atoms with Gasteiger partial charge in [0, 0.05) is 29.1 Å². The molecule has 2 N–H and O–H groups in total. The molecule has 0 amide bonds. The fourth-order valence-corrected chi connectivity index (χ4v) is 3.25. The molecule has 0 bridgehead atoms. The molecule has 6 heteroatoms. The number of ketones is 1. The number of carbonyl (C=O) groups is 1. The molecule has 1 aromatic carbocycles. The number of benzene rings is 1. The molecular formula is C23H25N3O3. The number of nitrogen functional groups attached to an aromatic ring is 1. The van der Waals surface area contributed by atoms with Crippen LogP contribution in [0.25, 0.3) is 11.1 Å². The van der Waals surface area contributed by atoms with Crippen LogP contribution in [0, 0.1) is 0 Å². The van der Waals surface area contributed by atoms with Gasteiger partial charge in [-0.15, -0.1) is 0 Å². The van der Waals surface area contributed by atoms with Crippen LogP contribution >= 0.6 is 0 Å². The van der Waals surface area contributed by atoms with E-state index >= 15 is 0 Å². The van der Waals surface area contributed by atoms with E-state index in [4.69, 9.17) is 15.2 Å². The molecule has 0 saturated heterocycles. The number of hydrogen-bond donors (Lipinski definition) is 1. The molecule has 3 aromatic rings. The van der Waals surface area contributed by atoms with Crippen molar-refractivity contribution in [2.75, 3.05) is 20.0 Å². The Morgan fingerprint density at radius 3 is 2.38 bits per heavy atom. The van der Waals surface area contributed by atoms with Crippen molar-refractivity contribution in [1.82, 2.24) is 9.97 Å². The first kappa shape index (κ1) is 20.3. The van der Waals surface area contributed by atoms with E-state index in [9.17, 15) is 4.79 Å². The lowest BCUT2D eigenvalue weighted by Gasteiger charge is -2.25. The normalized spacial score (nSPS) is 11.2. The number of aromatic nitrogens is 2. The van der Waals surface area contributed by atoms with Crippen LogP contribution in [0.3, 0.4) is 0 Å². The first-order chi connectivity index (χ1) is 13.8. The first-order valence-electron chi connectivity index (χ1n) is 9.24. The van der Waals surface area contributed by atoms with Gasteiger partial charge < -0.3 is 15.2 Å². The number of rotatable bonds is 5. The molecular weight excluding hydrogens is 366 g/mol. The van der Waals surface area contributed by atoms with Crippen molar-refractivity contribution in [2.45, 2.75) is 26.2 Å². The van der Waals surface area contributed by atoms with Crippen molar-refractivity contribution in [1.29, 1.82) is 0 Å². The van der Waals surface area contributed by atoms with E-state index in [2.05, 4.69) is 30.7 Å². The molecule has 150 valence electrons. The molecule has 3 rings (SSSR count). The largest absolute Gasteiger partial charge is 0.496 e. The van der Waals surface area contributed by atoms with E-state index in [1.807, 2.05) is 24.3 Å². The average molecular weight is 391 g/mol. The van der Waals surface area contributed by atoms with Crippen molar-refractivity contribution in [2.24, 2.45) is 0 Å². The summed E-state index contributed by atoms with van der Waals surface area (Å²) in [5, 5.41) is 0. The maximum absolute atomic E-state index is 13.4. The highest BCUT2D eigenvalue weighted by molar-refractivity contribution is 6.12. The van der Waals surface area contributed by atoms with E-state index in [0.29, 0.717) is 22.8 Å². The van der Waals surface area contributed by atoms with Gasteiger partial charge in [-0.3, -0.25) is 4.79 Å². The lowest BCUT2D eigenvalue weighted by atomic mass is 9.82. The Hall–Kier alpha value is -3.41. The van der Waals surface area contributed by atoms with Gasteiger partial charge in [0.15, 0.2) is 5.78 Å². The number of hydrogen-bond acceptors (Lipinski definition) is 6. The summed E-state index contributed by atoms with van der Waals surface area (Å²) in [7, 11) is 3.15. The Labute approximate surface area is 170 Å². The lowest BCUT2D eigenvalue weighted by Crippen LogP contribution is -2.16. The van der Waals surface area contributed by atoms with Gasteiger partial charge in [-0.25, -0.2) is 9.97 Å². The second-order valence-electron chi connectivity index (χ2n) is 7.71. The minimum absolute atomic E-state index is 0.189. The van der Waals surface area contributed by atoms with Crippen LogP contribution in [-0.2, 0) is 5.41 Å². The zero-order valence-corrected chi connectivity index (χ0v) is 17.3. The topological polar surface area (TPSA) is 87.3 Å². The van der Waals surface area contributed by atoms with E-state index in [1.54, 1.807) is 32.5 Å². The molecule has 6 nitrogen and oxygen atoms in total. The number of ether oxygens (including phenoxy) is 2. The summed E-state index contributed by atoms with van der Waals surface area (Å²) in [4.78, 5) is 21.6. The molecule has 0 aliphatic heterocycles. The SMILES string of the molecule is COc1ncccc1-c1cc(C(=O)c2ccnc(N)c2)c(OC)c(C(C)(C)C)c1. The summed E-state index contributed by atoms with van der Waals surface area (Å²) in [6.45, 7) is 6.23. The Kier molecular flexibility index (Phi) is 5.55. The van der Waals surface area contributed by atoms with Crippen LogP contribution in [0.15, 0.2) is 48.8 Å². The van der Waals surface area contributed by atoms with Crippen LogP contribution in [0.4, 0.5) is 5.82 Å². The summed E-state index contributed by atoms with van der Waals surface area (Å²) in [6.07, 6.45) is 3.19. The maximum atomic E-state index is 13.4. The molecule has 0 atom stereocenters. The Bertz CT molecular complexity index is 1060. The van der Waals surface area contributed by atoms with Crippen LogP contribution < -0.4 is 15.2 Å². The second kappa shape index (κ2) is 7.91. The highest BCUT2D eigenvalue weighted by Gasteiger charge is 2.27. The highest BCUT2D eigenvalue weighted by atomic mass is 16.5. The molecule has 29 heavy (non-hydrogen) atoms. The quantitative estimate of drug-likeness (QED) is 0.654. The van der Waals surface area contributed by atoms with Crippen LogP contribution in [0.1, 0.15) is 42.3 Å². The highest BCUT2D eigenvalue weighted by Crippen LogP contribution is 2.40. The smallest absolute Gasteiger partial charge is 0.221 e. The summed E-state index contributed by atoms with van der Waals surface area (Å²) < 4.78 is 11.1. The van der Waals surface area contributed by atoms with Gasteiger partial charge in [0.1, 0.15) is 11.6 Å². The minimum Gasteiger partial charge on any atom is -0.496 e. The number of nitrogens with zero attached hydrogens (tertiary/aromatic N) is 2. The molecule has 0 spiro atoms. The molecule has 0 unspecified atom stereocenters. The minimum atomic E-state index is -0.261. The number of anilines is 1. The van der Waals surface area contributed by atoms with Crippen LogP contribution in [0.5, 0.6) is 11.6 Å². The second-order valence-corrected chi connectivity index (χ2v) is 7.71. The zero-order chi connectivity index (χ0) is 21.2. The van der Waals surface area contributed by atoms with E-state index in [0.717, 1.165) is 16.7 Å². The third kappa shape index (κ3) is 4.06. The summed E-state index contributed by atoms with van der Waals surface area (Å²) in [5.74, 6) is 1.13. The molecule has 0 aliphatic carbocycles. The lowest BCUT2D eigenvalue weighted by molar-refractivity contribution is 0.103. The Morgan fingerprint density at radius 1 is 1.00 bits per heavy atom. The number of methoxy groups -OCH3 is 2. The van der Waals surface area contributed by atoms with Gasteiger partial charge in [0.25, 0.3) is 0 Å². The van der Waals surface area contributed by atoms with Crippen LogP contribution in [0.2, 0.25) is 0 Å². The van der Waals surface area contributed by atoms with Crippen molar-refractivity contribution >= 4 is 11.6 Å². The van der Waals surface area contributed by atoms with Gasteiger partial charge in [-0.05, 0) is 47.4 Å². The Morgan fingerprint density at radius 2 is 1.76 bits per heavy atom. The van der Waals surface area contributed by atoms with Gasteiger partial charge in [-0.2, -0.15) is 0 Å². The van der Waals surface area contributed by atoms with Gasteiger partial charge in [0.05, 0.1) is 19.8 Å². The molecule has 0 aliphatic rings. The molecule has 2 heterocycles. The molecule has 0 fully saturated rings. The summed E-state index contributed by atoms with van der Waals surface area (Å²) in [6, 6.07) is 10.8. The molecule has 0 radical (unpaired) electrons. The van der Waals surface area contributed by atoms with Crippen molar-refractivity contribution in [3.63, 3.8) is 0 Å².